The highest BCUT2D eigenvalue weighted by molar-refractivity contribution is 5.99. The van der Waals surface area contributed by atoms with Gasteiger partial charge in [0.05, 0.1) is 6.61 Å². The molecule has 0 spiro atoms. The van der Waals surface area contributed by atoms with Crippen molar-refractivity contribution in [1.82, 2.24) is 10.2 Å². The van der Waals surface area contributed by atoms with Gasteiger partial charge < -0.3 is 25.4 Å². The number of aliphatic hydroxyl groups is 1. The summed E-state index contributed by atoms with van der Waals surface area (Å²) in [5.74, 6) is -0.940. The number of aliphatic hydroxyl groups excluding tert-OH is 1. The Balaban J connectivity index is 2.45. The zero-order valence-electron chi connectivity index (χ0n) is 21.6. The highest BCUT2D eigenvalue weighted by Gasteiger charge is 2.35. The second-order valence-corrected chi connectivity index (χ2v) is 9.75. The van der Waals surface area contributed by atoms with Gasteiger partial charge in [0.25, 0.3) is 5.91 Å². The van der Waals surface area contributed by atoms with Crippen molar-refractivity contribution in [2.45, 2.75) is 66.2 Å². The van der Waals surface area contributed by atoms with Crippen LogP contribution in [0.3, 0.4) is 0 Å². The Morgan fingerprint density at radius 1 is 1.03 bits per heavy atom. The lowest BCUT2D eigenvalue weighted by molar-refractivity contribution is -0.141. The predicted molar refractivity (Wildman–Crippen MR) is 136 cm³/mol. The van der Waals surface area contributed by atoms with Crippen LogP contribution in [0.2, 0.25) is 0 Å². The van der Waals surface area contributed by atoms with Gasteiger partial charge in [0.2, 0.25) is 5.91 Å². The second kappa shape index (κ2) is 11.8. The number of carbonyl (C=O) groups is 3. The Bertz CT molecular complexity index is 1040. The average Bonchev–Trinajstić information content (AvgIpc) is 2.72. The summed E-state index contributed by atoms with van der Waals surface area (Å²) in [6, 6.07) is 11.0. The van der Waals surface area contributed by atoms with E-state index in [1.54, 1.807) is 26.8 Å². The lowest BCUT2D eigenvalue weighted by Gasteiger charge is -2.33. The van der Waals surface area contributed by atoms with Gasteiger partial charge in [0, 0.05) is 12.2 Å². The van der Waals surface area contributed by atoms with Crippen LogP contribution in [-0.2, 0) is 14.3 Å². The molecule has 3 N–H and O–H groups in total. The first-order valence-corrected chi connectivity index (χ1v) is 11.7. The number of amides is 3. The molecule has 2 unspecified atom stereocenters. The van der Waals surface area contributed by atoms with Crippen molar-refractivity contribution in [3.05, 3.63) is 64.7 Å². The Kier molecular flexibility index (Phi) is 9.42. The van der Waals surface area contributed by atoms with Crippen molar-refractivity contribution >= 4 is 23.6 Å². The molecular formula is C27H37N3O5. The van der Waals surface area contributed by atoms with Crippen molar-refractivity contribution in [1.29, 1.82) is 0 Å². The van der Waals surface area contributed by atoms with Crippen LogP contribution >= 0.6 is 0 Å². The number of benzene rings is 2. The molecule has 0 aromatic heterocycles. The molecule has 2 rings (SSSR count). The Morgan fingerprint density at radius 3 is 2.17 bits per heavy atom. The van der Waals surface area contributed by atoms with Gasteiger partial charge >= 0.3 is 6.09 Å². The predicted octanol–water partition coefficient (Wildman–Crippen LogP) is 4.03. The highest BCUT2D eigenvalue weighted by Crippen LogP contribution is 2.27. The fourth-order valence-electron chi connectivity index (χ4n) is 3.82. The van der Waals surface area contributed by atoms with Crippen LogP contribution in [0.15, 0.2) is 42.5 Å². The number of hydrogen-bond donors (Lipinski definition) is 3. The van der Waals surface area contributed by atoms with Crippen LogP contribution in [0.25, 0.3) is 0 Å². The lowest BCUT2D eigenvalue weighted by Crippen LogP contribution is -2.52. The molecule has 2 atom stereocenters. The van der Waals surface area contributed by atoms with Crippen LogP contribution in [0.5, 0.6) is 0 Å². The van der Waals surface area contributed by atoms with Gasteiger partial charge in [-0.15, -0.1) is 0 Å². The number of anilines is 1. The number of ether oxygens (including phenoxy) is 1. The third kappa shape index (κ3) is 8.10. The molecule has 190 valence electrons. The van der Waals surface area contributed by atoms with E-state index in [1.165, 1.54) is 11.8 Å². The third-order valence-corrected chi connectivity index (χ3v) is 5.25. The maximum absolute atomic E-state index is 13.6. The monoisotopic (exact) mass is 483 g/mol. The molecule has 2 aromatic rings. The first kappa shape index (κ1) is 27.9. The fourth-order valence-corrected chi connectivity index (χ4v) is 3.82. The van der Waals surface area contributed by atoms with E-state index < -0.39 is 35.6 Å². The normalized spacial score (nSPS) is 12.9. The fraction of sp³-hybridized carbons (Fsp3) is 0.444. The molecule has 35 heavy (non-hydrogen) atoms. The molecule has 8 heteroatoms. The van der Waals surface area contributed by atoms with Crippen molar-refractivity contribution in [2.24, 2.45) is 0 Å². The number of alkyl carbamates (subject to hydrolysis) is 1. The van der Waals surface area contributed by atoms with E-state index in [0.717, 1.165) is 16.7 Å². The van der Waals surface area contributed by atoms with E-state index in [9.17, 15) is 19.5 Å². The molecule has 0 aliphatic heterocycles. The number of aryl methyl sites for hydroxylation is 3. The molecule has 0 heterocycles. The average molecular weight is 484 g/mol. The zero-order chi connectivity index (χ0) is 26.3. The van der Waals surface area contributed by atoms with E-state index in [4.69, 9.17) is 4.74 Å². The molecule has 2 aromatic carbocycles. The molecule has 0 saturated carbocycles. The van der Waals surface area contributed by atoms with E-state index in [1.807, 2.05) is 57.2 Å². The minimum absolute atomic E-state index is 0.0992. The summed E-state index contributed by atoms with van der Waals surface area (Å²) in [5.41, 5.74) is 3.25. The standard InChI is InChI=1S/C27H37N3O5/c1-17-14-18(2)16-21(15-17)23(24(32)29-22-11-9-8-10-19(22)3)30(12-13-31)25(33)20(4)28-26(34)35-27(5,6)7/h8-11,14-16,20,23,31H,12-13H2,1-7H3,(H,28,34)(H,29,32). The van der Waals surface area contributed by atoms with Gasteiger partial charge in [-0.3, -0.25) is 9.59 Å². The van der Waals surface area contributed by atoms with Gasteiger partial charge in [-0.1, -0.05) is 47.5 Å². The van der Waals surface area contributed by atoms with Crippen LogP contribution in [0, 0.1) is 20.8 Å². The van der Waals surface area contributed by atoms with Crippen molar-refractivity contribution in [3.8, 4) is 0 Å². The van der Waals surface area contributed by atoms with Crippen LogP contribution in [-0.4, -0.2) is 52.7 Å². The van der Waals surface area contributed by atoms with Crippen LogP contribution in [0.1, 0.15) is 56.0 Å². The zero-order valence-corrected chi connectivity index (χ0v) is 21.6. The van der Waals surface area contributed by atoms with Crippen molar-refractivity contribution in [3.63, 3.8) is 0 Å². The number of hydrogen-bond acceptors (Lipinski definition) is 5. The smallest absolute Gasteiger partial charge is 0.408 e. The molecular weight excluding hydrogens is 446 g/mol. The molecule has 0 saturated heterocycles. The van der Waals surface area contributed by atoms with Gasteiger partial charge in [0.15, 0.2) is 0 Å². The van der Waals surface area contributed by atoms with E-state index in [2.05, 4.69) is 10.6 Å². The van der Waals surface area contributed by atoms with Gasteiger partial charge in [-0.05, 0) is 65.7 Å². The summed E-state index contributed by atoms with van der Waals surface area (Å²) < 4.78 is 5.26. The van der Waals surface area contributed by atoms with E-state index in [-0.39, 0.29) is 13.2 Å². The van der Waals surface area contributed by atoms with Crippen LogP contribution in [0.4, 0.5) is 10.5 Å². The van der Waals surface area contributed by atoms with Gasteiger partial charge in [-0.2, -0.15) is 0 Å². The summed E-state index contributed by atoms with van der Waals surface area (Å²) in [7, 11) is 0. The SMILES string of the molecule is Cc1cc(C)cc(C(C(=O)Nc2ccccc2C)N(CCO)C(=O)C(C)NC(=O)OC(C)(C)C)c1. The molecule has 0 aliphatic carbocycles. The molecule has 0 radical (unpaired) electrons. The number of nitrogens with one attached hydrogen (secondary N) is 2. The maximum Gasteiger partial charge on any atom is 0.408 e. The van der Waals surface area contributed by atoms with Crippen LogP contribution < -0.4 is 10.6 Å². The first-order chi connectivity index (χ1) is 16.3. The molecule has 0 fully saturated rings. The number of carbonyl (C=O) groups excluding carboxylic acids is 3. The van der Waals surface area contributed by atoms with E-state index in [0.29, 0.717) is 11.3 Å². The quantitative estimate of drug-likeness (QED) is 0.526. The Labute approximate surface area is 207 Å². The second-order valence-electron chi connectivity index (χ2n) is 9.75. The van der Waals surface area contributed by atoms with Crippen molar-refractivity contribution < 1.29 is 24.2 Å². The summed E-state index contributed by atoms with van der Waals surface area (Å²) in [6.07, 6.45) is -0.741. The molecule has 0 bridgehead atoms. The summed E-state index contributed by atoms with van der Waals surface area (Å²) in [4.78, 5) is 40.7. The maximum atomic E-state index is 13.6. The highest BCUT2D eigenvalue weighted by atomic mass is 16.6. The van der Waals surface area contributed by atoms with Crippen molar-refractivity contribution in [2.75, 3.05) is 18.5 Å². The number of para-hydroxylation sites is 1. The minimum atomic E-state index is -1.03. The number of nitrogens with zero attached hydrogens (tertiary/aromatic N) is 1. The molecule has 8 nitrogen and oxygen atoms in total. The van der Waals surface area contributed by atoms with Gasteiger partial charge in [-0.25, -0.2) is 4.79 Å². The summed E-state index contributed by atoms with van der Waals surface area (Å²) >= 11 is 0. The molecule has 3 amide bonds. The first-order valence-electron chi connectivity index (χ1n) is 11.7. The number of rotatable bonds is 8. The third-order valence-electron chi connectivity index (χ3n) is 5.25. The minimum Gasteiger partial charge on any atom is -0.444 e. The summed E-state index contributed by atoms with van der Waals surface area (Å²) in [5, 5.41) is 15.2. The lowest BCUT2D eigenvalue weighted by atomic mass is 9.98. The topological polar surface area (TPSA) is 108 Å². The largest absolute Gasteiger partial charge is 0.444 e. The Hall–Kier alpha value is -3.39. The molecule has 0 aliphatic rings. The van der Waals surface area contributed by atoms with Gasteiger partial charge in [0.1, 0.15) is 17.7 Å². The Morgan fingerprint density at radius 2 is 1.63 bits per heavy atom. The van der Waals surface area contributed by atoms with E-state index >= 15 is 0 Å². The summed E-state index contributed by atoms with van der Waals surface area (Å²) in [6.45, 7) is 12.0.